The zero-order valence-electron chi connectivity index (χ0n) is 13.4. The minimum Gasteiger partial charge on any atom is -0.444 e. The largest absolute Gasteiger partial charge is 0.444 e. The number of likely N-dealkylation sites (tertiary alicyclic amines) is 1. The summed E-state index contributed by atoms with van der Waals surface area (Å²) in [6, 6.07) is 4.22. The third-order valence-corrected chi connectivity index (χ3v) is 4.00. The highest BCUT2D eigenvalue weighted by molar-refractivity contribution is 5.79. The van der Waals surface area contributed by atoms with Gasteiger partial charge in [0.2, 0.25) is 0 Å². The second-order valence-corrected chi connectivity index (χ2v) is 6.89. The van der Waals surface area contributed by atoms with E-state index in [0.29, 0.717) is 0 Å². The molecule has 0 spiro atoms. The van der Waals surface area contributed by atoms with Gasteiger partial charge in [-0.2, -0.15) is 0 Å². The number of H-pyrrole nitrogens is 1. The predicted molar refractivity (Wildman–Crippen MR) is 85.8 cm³/mol. The third-order valence-electron chi connectivity index (χ3n) is 4.00. The Morgan fingerprint density at radius 3 is 3.09 bits per heavy atom. The van der Waals surface area contributed by atoms with Crippen LogP contribution in [0.1, 0.15) is 39.2 Å². The summed E-state index contributed by atoms with van der Waals surface area (Å²) in [5.74, 6) is 0. The molecule has 1 saturated heterocycles. The van der Waals surface area contributed by atoms with Gasteiger partial charge in [-0.25, -0.2) is 9.78 Å². The highest BCUT2D eigenvalue weighted by Gasteiger charge is 2.32. The van der Waals surface area contributed by atoms with Crippen molar-refractivity contribution in [1.29, 1.82) is 0 Å². The van der Waals surface area contributed by atoms with Crippen LogP contribution < -0.4 is 0 Å². The van der Waals surface area contributed by atoms with Crippen LogP contribution in [0.2, 0.25) is 0 Å². The summed E-state index contributed by atoms with van der Waals surface area (Å²) >= 11 is 0. The average molecular weight is 301 g/mol. The maximum absolute atomic E-state index is 12.3. The van der Waals surface area contributed by atoms with Crippen LogP contribution in [-0.2, 0) is 11.2 Å². The molecule has 1 N–H and O–H groups in total. The molecule has 1 fully saturated rings. The summed E-state index contributed by atoms with van der Waals surface area (Å²) in [4.78, 5) is 21.7. The summed E-state index contributed by atoms with van der Waals surface area (Å²) < 4.78 is 5.53. The molecule has 3 heterocycles. The van der Waals surface area contributed by atoms with E-state index in [1.54, 1.807) is 6.20 Å². The number of nitrogens with zero attached hydrogens (tertiary/aromatic N) is 2. The first-order valence-electron chi connectivity index (χ1n) is 7.84. The van der Waals surface area contributed by atoms with Crippen LogP contribution in [0, 0.1) is 0 Å². The number of hydrogen-bond donors (Lipinski definition) is 1. The molecule has 118 valence electrons. The second kappa shape index (κ2) is 5.63. The Bertz CT molecular complexity index is 672. The molecular formula is C17H23N3O2. The number of ether oxygens (including phenoxy) is 1. The van der Waals surface area contributed by atoms with Crippen LogP contribution in [-0.4, -0.2) is 39.1 Å². The van der Waals surface area contributed by atoms with Crippen molar-refractivity contribution in [2.24, 2.45) is 0 Å². The molecule has 1 amide bonds. The fraction of sp³-hybridized carbons (Fsp3) is 0.529. The van der Waals surface area contributed by atoms with E-state index < -0.39 is 5.60 Å². The number of nitrogens with one attached hydrogen (secondary N) is 1. The quantitative estimate of drug-likeness (QED) is 0.923. The minimum absolute atomic E-state index is 0.201. The second-order valence-electron chi connectivity index (χ2n) is 6.89. The van der Waals surface area contributed by atoms with Gasteiger partial charge in [-0.15, -0.1) is 0 Å². The molecule has 22 heavy (non-hydrogen) atoms. The Hall–Kier alpha value is -2.04. The number of hydrogen-bond acceptors (Lipinski definition) is 3. The van der Waals surface area contributed by atoms with Gasteiger partial charge in [-0.1, -0.05) is 0 Å². The number of rotatable bonds is 2. The van der Waals surface area contributed by atoms with E-state index in [4.69, 9.17) is 4.74 Å². The molecular weight excluding hydrogens is 278 g/mol. The fourth-order valence-corrected chi connectivity index (χ4v) is 3.04. The van der Waals surface area contributed by atoms with Crippen LogP contribution in [0.3, 0.4) is 0 Å². The molecule has 5 nitrogen and oxygen atoms in total. The Balaban J connectivity index is 1.75. The molecule has 2 aromatic rings. The van der Waals surface area contributed by atoms with Gasteiger partial charge in [0.25, 0.3) is 0 Å². The summed E-state index contributed by atoms with van der Waals surface area (Å²) in [6.07, 6.45) is 6.48. The molecule has 1 atom stereocenters. The number of amides is 1. The van der Waals surface area contributed by atoms with Crippen molar-refractivity contribution in [2.75, 3.05) is 6.54 Å². The predicted octanol–water partition coefficient (Wildman–Crippen LogP) is 3.50. The molecule has 0 saturated carbocycles. The van der Waals surface area contributed by atoms with Crippen molar-refractivity contribution in [1.82, 2.24) is 14.9 Å². The van der Waals surface area contributed by atoms with E-state index >= 15 is 0 Å². The topological polar surface area (TPSA) is 58.2 Å². The van der Waals surface area contributed by atoms with Crippen molar-refractivity contribution in [3.63, 3.8) is 0 Å². The third kappa shape index (κ3) is 3.08. The van der Waals surface area contributed by atoms with E-state index in [9.17, 15) is 4.79 Å². The number of aromatic nitrogens is 2. The van der Waals surface area contributed by atoms with Crippen molar-refractivity contribution in [3.8, 4) is 0 Å². The zero-order valence-corrected chi connectivity index (χ0v) is 13.4. The van der Waals surface area contributed by atoms with Gasteiger partial charge in [0.1, 0.15) is 11.2 Å². The average Bonchev–Trinajstić information content (AvgIpc) is 3.05. The first-order valence-corrected chi connectivity index (χ1v) is 7.84. The highest BCUT2D eigenvalue weighted by Crippen LogP contribution is 2.26. The van der Waals surface area contributed by atoms with E-state index in [0.717, 1.165) is 36.8 Å². The van der Waals surface area contributed by atoms with E-state index in [2.05, 4.69) is 16.0 Å². The van der Waals surface area contributed by atoms with Crippen molar-refractivity contribution in [3.05, 3.63) is 30.1 Å². The lowest BCUT2D eigenvalue weighted by Crippen LogP contribution is -2.40. The standard InChI is InChI=1S/C17H23N3O2/c1-17(2,3)22-16(21)20-9-5-6-13(20)10-12-11-19-15-14(12)7-4-8-18-15/h4,7-8,11,13H,5-6,9-10H2,1-3H3,(H,18,19). The molecule has 0 radical (unpaired) electrons. The number of fused-ring (bicyclic) bond motifs is 1. The van der Waals surface area contributed by atoms with Crippen LogP contribution in [0.25, 0.3) is 11.0 Å². The zero-order chi connectivity index (χ0) is 15.7. The fourth-order valence-electron chi connectivity index (χ4n) is 3.04. The molecule has 0 aliphatic carbocycles. The first kappa shape index (κ1) is 14.9. The van der Waals surface area contributed by atoms with Gasteiger partial charge < -0.3 is 14.6 Å². The van der Waals surface area contributed by atoms with Crippen LogP contribution >= 0.6 is 0 Å². The van der Waals surface area contributed by atoms with Gasteiger partial charge >= 0.3 is 6.09 Å². The van der Waals surface area contributed by atoms with E-state index in [1.807, 2.05) is 37.9 Å². The van der Waals surface area contributed by atoms with Crippen LogP contribution in [0.5, 0.6) is 0 Å². The normalized spacial score (nSPS) is 18.9. The molecule has 1 unspecified atom stereocenters. The van der Waals surface area contributed by atoms with Gasteiger partial charge in [-0.3, -0.25) is 0 Å². The number of pyridine rings is 1. The number of carbonyl (C=O) groups excluding carboxylic acids is 1. The molecule has 0 aromatic carbocycles. The SMILES string of the molecule is CC(C)(C)OC(=O)N1CCCC1Cc1c[nH]c2ncccc12. The first-order chi connectivity index (χ1) is 10.4. The van der Waals surface area contributed by atoms with Gasteiger partial charge in [-0.05, 0) is 57.7 Å². The highest BCUT2D eigenvalue weighted by atomic mass is 16.6. The smallest absolute Gasteiger partial charge is 0.410 e. The van der Waals surface area contributed by atoms with Gasteiger partial charge in [0.05, 0.1) is 0 Å². The number of carbonyl (C=O) groups is 1. The molecule has 1 aliphatic rings. The molecule has 1 aliphatic heterocycles. The van der Waals surface area contributed by atoms with Crippen LogP contribution in [0.4, 0.5) is 4.79 Å². The molecule has 0 bridgehead atoms. The number of aromatic amines is 1. The van der Waals surface area contributed by atoms with Crippen LogP contribution in [0.15, 0.2) is 24.5 Å². The van der Waals surface area contributed by atoms with Crippen molar-refractivity contribution >= 4 is 17.1 Å². The lowest BCUT2D eigenvalue weighted by atomic mass is 10.0. The van der Waals surface area contributed by atoms with Crippen molar-refractivity contribution < 1.29 is 9.53 Å². The monoisotopic (exact) mass is 301 g/mol. The Kier molecular flexibility index (Phi) is 3.81. The lowest BCUT2D eigenvalue weighted by molar-refractivity contribution is 0.0227. The van der Waals surface area contributed by atoms with E-state index in [1.165, 1.54) is 5.56 Å². The summed E-state index contributed by atoms with van der Waals surface area (Å²) in [5, 5.41) is 1.14. The summed E-state index contributed by atoms with van der Waals surface area (Å²) in [6.45, 7) is 6.49. The van der Waals surface area contributed by atoms with Gasteiger partial charge in [0.15, 0.2) is 0 Å². The summed E-state index contributed by atoms with van der Waals surface area (Å²) in [7, 11) is 0. The Labute approximate surface area is 130 Å². The maximum Gasteiger partial charge on any atom is 0.410 e. The molecule has 2 aromatic heterocycles. The molecule has 3 rings (SSSR count). The van der Waals surface area contributed by atoms with Crippen molar-refractivity contribution in [2.45, 2.75) is 51.7 Å². The maximum atomic E-state index is 12.3. The summed E-state index contributed by atoms with van der Waals surface area (Å²) in [5.41, 5.74) is 1.66. The lowest BCUT2D eigenvalue weighted by Gasteiger charge is -2.28. The van der Waals surface area contributed by atoms with Gasteiger partial charge in [0, 0.05) is 30.4 Å². The Morgan fingerprint density at radius 2 is 2.32 bits per heavy atom. The molecule has 5 heteroatoms. The minimum atomic E-state index is -0.449. The van der Waals surface area contributed by atoms with E-state index in [-0.39, 0.29) is 12.1 Å². The Morgan fingerprint density at radius 1 is 1.50 bits per heavy atom.